The van der Waals surface area contributed by atoms with Crippen LogP contribution in [0.5, 0.6) is 0 Å². The smallest absolute Gasteiger partial charge is 0.312 e. The van der Waals surface area contributed by atoms with Crippen LogP contribution in [0.2, 0.25) is 0 Å². The fourth-order valence-corrected chi connectivity index (χ4v) is 2.39. The van der Waals surface area contributed by atoms with Gasteiger partial charge >= 0.3 is 5.97 Å². The second kappa shape index (κ2) is 6.69. The SMILES string of the molecule is CC(=O)NC(C=CC(C)(C)C(=O)O)Cc1c[nH]c2ccccc12. The van der Waals surface area contributed by atoms with Crippen molar-refractivity contribution in [1.29, 1.82) is 0 Å². The van der Waals surface area contributed by atoms with Gasteiger partial charge in [-0.15, -0.1) is 0 Å². The summed E-state index contributed by atoms with van der Waals surface area (Å²) in [6.45, 7) is 4.71. The molecule has 0 fully saturated rings. The number of carboxylic acids is 1. The first kappa shape index (κ1) is 16.8. The van der Waals surface area contributed by atoms with Crippen LogP contribution in [0.4, 0.5) is 0 Å². The molecule has 1 amide bonds. The van der Waals surface area contributed by atoms with E-state index in [4.69, 9.17) is 0 Å². The number of nitrogens with one attached hydrogen (secondary N) is 2. The minimum Gasteiger partial charge on any atom is -0.481 e. The molecule has 2 aromatic rings. The third kappa shape index (κ3) is 4.22. The summed E-state index contributed by atoms with van der Waals surface area (Å²) in [6, 6.07) is 7.69. The van der Waals surface area contributed by atoms with Crippen LogP contribution in [0, 0.1) is 5.41 Å². The monoisotopic (exact) mass is 314 g/mol. The zero-order chi connectivity index (χ0) is 17.0. The first-order valence-corrected chi connectivity index (χ1v) is 7.54. The molecule has 0 aliphatic rings. The van der Waals surface area contributed by atoms with E-state index in [2.05, 4.69) is 10.3 Å². The molecule has 0 saturated carbocycles. The van der Waals surface area contributed by atoms with E-state index in [9.17, 15) is 14.7 Å². The van der Waals surface area contributed by atoms with Gasteiger partial charge < -0.3 is 15.4 Å². The maximum absolute atomic E-state index is 11.4. The molecule has 0 bridgehead atoms. The van der Waals surface area contributed by atoms with Gasteiger partial charge in [0.2, 0.25) is 5.91 Å². The van der Waals surface area contributed by atoms with Crippen molar-refractivity contribution in [2.24, 2.45) is 5.41 Å². The molecule has 5 nitrogen and oxygen atoms in total. The summed E-state index contributed by atoms with van der Waals surface area (Å²) in [7, 11) is 0. The molecule has 23 heavy (non-hydrogen) atoms. The van der Waals surface area contributed by atoms with Crippen molar-refractivity contribution in [3.8, 4) is 0 Å². The molecule has 0 radical (unpaired) electrons. The number of hydrogen-bond acceptors (Lipinski definition) is 2. The first-order chi connectivity index (χ1) is 10.8. The molecular weight excluding hydrogens is 292 g/mol. The Morgan fingerprint density at radius 3 is 2.70 bits per heavy atom. The number of aliphatic carboxylic acids is 1. The largest absolute Gasteiger partial charge is 0.481 e. The van der Waals surface area contributed by atoms with Crippen molar-refractivity contribution in [2.45, 2.75) is 33.2 Å². The number of carbonyl (C=O) groups is 2. The number of amides is 1. The molecule has 0 spiro atoms. The second-order valence-corrected chi connectivity index (χ2v) is 6.26. The number of H-pyrrole nitrogens is 1. The number of aromatic amines is 1. The summed E-state index contributed by atoms with van der Waals surface area (Å²) in [5.74, 6) is -1.05. The highest BCUT2D eigenvalue weighted by atomic mass is 16.4. The van der Waals surface area contributed by atoms with Crippen LogP contribution in [0.3, 0.4) is 0 Å². The lowest BCUT2D eigenvalue weighted by Gasteiger charge is -2.17. The Balaban J connectivity index is 2.24. The highest BCUT2D eigenvalue weighted by molar-refractivity contribution is 5.83. The molecule has 122 valence electrons. The lowest BCUT2D eigenvalue weighted by atomic mass is 9.92. The van der Waals surface area contributed by atoms with Gasteiger partial charge in [-0.2, -0.15) is 0 Å². The molecule has 0 aliphatic carbocycles. The van der Waals surface area contributed by atoms with Gasteiger partial charge in [-0.25, -0.2) is 0 Å². The average molecular weight is 314 g/mol. The summed E-state index contributed by atoms with van der Waals surface area (Å²) in [6.07, 6.45) is 5.91. The Labute approximate surface area is 135 Å². The van der Waals surface area contributed by atoms with Gasteiger partial charge in [0.1, 0.15) is 0 Å². The number of para-hydroxylation sites is 1. The van der Waals surface area contributed by atoms with Gasteiger partial charge in [-0.05, 0) is 31.9 Å². The van der Waals surface area contributed by atoms with E-state index in [1.165, 1.54) is 6.92 Å². The summed E-state index contributed by atoms with van der Waals surface area (Å²) in [4.78, 5) is 25.8. The number of aromatic nitrogens is 1. The minimum atomic E-state index is -0.975. The van der Waals surface area contributed by atoms with Crippen molar-refractivity contribution in [1.82, 2.24) is 10.3 Å². The molecule has 1 aromatic heterocycles. The van der Waals surface area contributed by atoms with Gasteiger partial charge in [0.25, 0.3) is 0 Å². The Hall–Kier alpha value is -2.56. The molecule has 5 heteroatoms. The Morgan fingerprint density at radius 2 is 2.04 bits per heavy atom. The van der Waals surface area contributed by atoms with E-state index < -0.39 is 11.4 Å². The predicted molar refractivity (Wildman–Crippen MR) is 90.2 cm³/mol. The minimum absolute atomic E-state index is 0.146. The number of fused-ring (bicyclic) bond motifs is 1. The van der Waals surface area contributed by atoms with Crippen LogP contribution in [-0.2, 0) is 16.0 Å². The zero-order valence-corrected chi connectivity index (χ0v) is 13.6. The second-order valence-electron chi connectivity index (χ2n) is 6.26. The van der Waals surface area contributed by atoms with Crippen LogP contribution < -0.4 is 5.32 Å². The van der Waals surface area contributed by atoms with Crippen molar-refractivity contribution in [2.75, 3.05) is 0 Å². The van der Waals surface area contributed by atoms with Crippen LogP contribution in [-0.4, -0.2) is 28.0 Å². The van der Waals surface area contributed by atoms with E-state index in [0.29, 0.717) is 6.42 Å². The normalized spacial score (nSPS) is 13.3. The van der Waals surface area contributed by atoms with E-state index in [1.807, 2.05) is 30.5 Å². The van der Waals surface area contributed by atoms with Crippen molar-refractivity contribution < 1.29 is 14.7 Å². The molecule has 0 saturated heterocycles. The molecule has 1 unspecified atom stereocenters. The molecule has 0 aliphatic heterocycles. The average Bonchev–Trinajstić information content (AvgIpc) is 2.87. The third-order valence-corrected chi connectivity index (χ3v) is 3.80. The van der Waals surface area contributed by atoms with Crippen LogP contribution >= 0.6 is 0 Å². The molecule has 2 rings (SSSR count). The van der Waals surface area contributed by atoms with Crippen molar-refractivity contribution in [3.05, 3.63) is 48.2 Å². The zero-order valence-electron chi connectivity index (χ0n) is 13.6. The summed E-state index contributed by atoms with van der Waals surface area (Å²) < 4.78 is 0. The van der Waals surface area contributed by atoms with Gasteiger partial charge in [0, 0.05) is 24.0 Å². The summed E-state index contributed by atoms with van der Waals surface area (Å²) >= 11 is 0. The highest BCUT2D eigenvalue weighted by Crippen LogP contribution is 2.21. The van der Waals surface area contributed by atoms with Crippen molar-refractivity contribution >= 4 is 22.8 Å². The third-order valence-electron chi connectivity index (χ3n) is 3.80. The van der Waals surface area contributed by atoms with E-state index in [0.717, 1.165) is 16.5 Å². The topological polar surface area (TPSA) is 82.2 Å². The number of hydrogen-bond donors (Lipinski definition) is 3. The predicted octanol–water partition coefficient (Wildman–Crippen LogP) is 2.88. The fraction of sp³-hybridized carbons (Fsp3) is 0.333. The highest BCUT2D eigenvalue weighted by Gasteiger charge is 2.24. The standard InChI is InChI=1S/C18H22N2O3/c1-12(21)20-14(8-9-18(2,3)17(22)23)10-13-11-19-16-7-5-4-6-15(13)16/h4-9,11,14,19H,10H2,1-3H3,(H,20,21)(H,22,23). The molecule has 1 aromatic carbocycles. The Bertz CT molecular complexity index is 744. The van der Waals surface area contributed by atoms with Crippen LogP contribution in [0.1, 0.15) is 26.3 Å². The van der Waals surface area contributed by atoms with Gasteiger partial charge in [-0.3, -0.25) is 9.59 Å². The van der Waals surface area contributed by atoms with Crippen molar-refractivity contribution in [3.63, 3.8) is 0 Å². The van der Waals surface area contributed by atoms with E-state index >= 15 is 0 Å². The first-order valence-electron chi connectivity index (χ1n) is 7.54. The molecule has 3 N–H and O–H groups in total. The van der Waals surface area contributed by atoms with Crippen LogP contribution in [0.25, 0.3) is 10.9 Å². The summed E-state index contributed by atoms with van der Waals surface area (Å²) in [5.41, 5.74) is 1.15. The quantitative estimate of drug-likeness (QED) is 0.717. The number of benzene rings is 1. The Kier molecular flexibility index (Phi) is 4.89. The summed E-state index contributed by atoms with van der Waals surface area (Å²) in [5, 5.41) is 13.2. The number of carbonyl (C=O) groups excluding carboxylic acids is 1. The lowest BCUT2D eigenvalue weighted by Crippen LogP contribution is -2.34. The molecule has 1 heterocycles. The van der Waals surface area contributed by atoms with E-state index in [-0.39, 0.29) is 11.9 Å². The lowest BCUT2D eigenvalue weighted by molar-refractivity contribution is -0.144. The van der Waals surface area contributed by atoms with Gasteiger partial charge in [0.05, 0.1) is 11.5 Å². The van der Waals surface area contributed by atoms with E-state index in [1.54, 1.807) is 26.0 Å². The maximum atomic E-state index is 11.4. The number of rotatable bonds is 6. The molecular formula is C18H22N2O3. The maximum Gasteiger partial charge on any atom is 0.312 e. The van der Waals surface area contributed by atoms with Gasteiger partial charge in [-0.1, -0.05) is 30.4 Å². The number of carboxylic acid groups (broad SMARTS) is 1. The van der Waals surface area contributed by atoms with Crippen LogP contribution in [0.15, 0.2) is 42.6 Å². The fourth-order valence-electron chi connectivity index (χ4n) is 2.39. The molecule has 1 atom stereocenters. The van der Waals surface area contributed by atoms with Gasteiger partial charge in [0.15, 0.2) is 0 Å². The Morgan fingerprint density at radius 1 is 1.35 bits per heavy atom.